The highest BCUT2D eigenvalue weighted by molar-refractivity contribution is 5.80. The van der Waals surface area contributed by atoms with Gasteiger partial charge in [-0.3, -0.25) is 9.59 Å². The highest BCUT2D eigenvalue weighted by atomic mass is 16.7. The molecule has 0 aliphatic carbocycles. The molecule has 6 N–H and O–H groups in total. The van der Waals surface area contributed by atoms with Crippen LogP contribution in [0.5, 0.6) is 0 Å². The molecular formula is C71H135NO10. The molecule has 484 valence electrons. The minimum atomic E-state index is -1.61. The molecule has 1 rings (SSSR count). The molecule has 1 heterocycles. The molecule has 1 aliphatic rings. The van der Waals surface area contributed by atoms with E-state index in [0.29, 0.717) is 19.3 Å². The number of rotatable bonds is 62. The van der Waals surface area contributed by atoms with Gasteiger partial charge in [-0.05, 0) is 51.4 Å². The van der Waals surface area contributed by atoms with Gasteiger partial charge in [0, 0.05) is 6.42 Å². The maximum absolute atomic E-state index is 13.5. The van der Waals surface area contributed by atoms with E-state index in [9.17, 15) is 35.1 Å². The standard InChI is InChI=1S/C71H135NO10/c1-4-7-10-13-16-19-22-25-27-29-31-32-33-34-35-37-39-41-44-47-50-53-56-59-66(76)82-69-68(78)67(77)65(60-73)81-71(69)80-61-62(63(74)57-54-51-48-45-42-24-21-18-15-12-9-6-3)72-70(79)64(75)58-55-52-49-46-43-40-38-36-30-28-26-23-20-17-14-11-8-5-2/h26,28,54,57,62-65,67-69,71,73-75,77-78H,4-25,27,29-53,55-56,58-61H2,1-3H3,(H,72,79)/b28-26+,57-54+. The van der Waals surface area contributed by atoms with Gasteiger partial charge in [-0.25, -0.2) is 0 Å². The predicted octanol–water partition coefficient (Wildman–Crippen LogP) is 18.0. The number of allylic oxidation sites excluding steroid dienone is 3. The van der Waals surface area contributed by atoms with Gasteiger partial charge >= 0.3 is 5.97 Å². The minimum Gasteiger partial charge on any atom is -0.454 e. The number of carbonyl (C=O) groups is 2. The fourth-order valence-corrected chi connectivity index (χ4v) is 11.5. The first-order valence-corrected chi connectivity index (χ1v) is 35.6. The molecule has 82 heavy (non-hydrogen) atoms. The van der Waals surface area contributed by atoms with Crippen LogP contribution < -0.4 is 5.32 Å². The van der Waals surface area contributed by atoms with Gasteiger partial charge < -0.3 is 45.1 Å². The molecule has 11 nitrogen and oxygen atoms in total. The molecule has 1 saturated heterocycles. The minimum absolute atomic E-state index is 0.130. The molecule has 8 unspecified atom stereocenters. The highest BCUT2D eigenvalue weighted by Crippen LogP contribution is 2.26. The molecule has 0 spiro atoms. The van der Waals surface area contributed by atoms with Gasteiger partial charge in [0.15, 0.2) is 12.4 Å². The molecule has 0 bridgehead atoms. The second-order valence-corrected chi connectivity index (χ2v) is 25.0. The van der Waals surface area contributed by atoms with Crippen LogP contribution in [-0.4, -0.2) is 99.6 Å². The molecular weight excluding hydrogens is 1030 g/mol. The van der Waals surface area contributed by atoms with Crippen LogP contribution in [0.4, 0.5) is 0 Å². The molecule has 1 fully saturated rings. The second kappa shape index (κ2) is 59.5. The average Bonchev–Trinajstić information content (AvgIpc) is 3.68. The summed E-state index contributed by atoms with van der Waals surface area (Å²) < 4.78 is 17.7. The van der Waals surface area contributed by atoms with Crippen LogP contribution in [0, 0.1) is 0 Å². The van der Waals surface area contributed by atoms with E-state index < -0.39 is 67.4 Å². The van der Waals surface area contributed by atoms with Crippen molar-refractivity contribution in [3.8, 4) is 0 Å². The molecule has 0 aromatic carbocycles. The number of carbonyl (C=O) groups excluding carboxylic acids is 2. The zero-order chi connectivity index (χ0) is 59.6. The van der Waals surface area contributed by atoms with E-state index in [1.165, 1.54) is 244 Å². The van der Waals surface area contributed by atoms with Crippen molar-refractivity contribution in [1.82, 2.24) is 5.32 Å². The van der Waals surface area contributed by atoms with Gasteiger partial charge in [-0.15, -0.1) is 0 Å². The maximum Gasteiger partial charge on any atom is 0.306 e. The lowest BCUT2D eigenvalue weighted by Crippen LogP contribution is -2.61. The van der Waals surface area contributed by atoms with E-state index in [2.05, 4.69) is 38.2 Å². The Morgan fingerprint density at radius 1 is 0.463 bits per heavy atom. The van der Waals surface area contributed by atoms with Gasteiger partial charge in [-0.2, -0.15) is 0 Å². The number of hydrogen-bond acceptors (Lipinski definition) is 10. The zero-order valence-electron chi connectivity index (χ0n) is 53.9. The summed E-state index contributed by atoms with van der Waals surface area (Å²) in [6.07, 6.45) is 60.8. The van der Waals surface area contributed by atoms with Crippen LogP contribution in [-0.2, 0) is 23.8 Å². The summed E-state index contributed by atoms with van der Waals surface area (Å²) in [6, 6.07) is -1.02. The summed E-state index contributed by atoms with van der Waals surface area (Å²) >= 11 is 0. The van der Waals surface area contributed by atoms with Gasteiger partial charge in [0.2, 0.25) is 5.91 Å². The van der Waals surface area contributed by atoms with Crippen LogP contribution in [0.3, 0.4) is 0 Å². The van der Waals surface area contributed by atoms with Crippen molar-refractivity contribution in [2.45, 2.75) is 404 Å². The lowest BCUT2D eigenvalue weighted by Gasteiger charge is -2.41. The first kappa shape index (κ1) is 78.2. The predicted molar refractivity (Wildman–Crippen MR) is 343 cm³/mol. The Balaban J connectivity index is 2.56. The average molecular weight is 1160 g/mol. The monoisotopic (exact) mass is 1160 g/mol. The largest absolute Gasteiger partial charge is 0.454 e. The van der Waals surface area contributed by atoms with E-state index in [1.54, 1.807) is 6.08 Å². The fourth-order valence-electron chi connectivity index (χ4n) is 11.5. The maximum atomic E-state index is 13.5. The van der Waals surface area contributed by atoms with Crippen molar-refractivity contribution >= 4 is 11.9 Å². The van der Waals surface area contributed by atoms with Crippen molar-refractivity contribution < 1.29 is 49.3 Å². The van der Waals surface area contributed by atoms with Crippen LogP contribution in [0.25, 0.3) is 0 Å². The number of amides is 1. The van der Waals surface area contributed by atoms with Crippen LogP contribution in [0.15, 0.2) is 24.3 Å². The molecule has 0 aromatic rings. The zero-order valence-corrected chi connectivity index (χ0v) is 53.9. The quantitative estimate of drug-likeness (QED) is 0.0195. The number of nitrogens with one attached hydrogen (secondary N) is 1. The third kappa shape index (κ3) is 46.4. The topological polar surface area (TPSA) is 175 Å². The van der Waals surface area contributed by atoms with Gasteiger partial charge in [0.05, 0.1) is 25.4 Å². The van der Waals surface area contributed by atoms with Gasteiger partial charge in [0.1, 0.15) is 24.4 Å². The third-order valence-corrected chi connectivity index (χ3v) is 17.1. The van der Waals surface area contributed by atoms with Crippen LogP contribution in [0.1, 0.15) is 355 Å². The summed E-state index contributed by atoms with van der Waals surface area (Å²) in [5.74, 6) is -1.18. The summed E-state index contributed by atoms with van der Waals surface area (Å²) in [5, 5.41) is 57.2. The second-order valence-electron chi connectivity index (χ2n) is 25.0. The number of esters is 1. The molecule has 0 aromatic heterocycles. The van der Waals surface area contributed by atoms with Crippen molar-refractivity contribution in [2.75, 3.05) is 13.2 Å². The fraction of sp³-hybridized carbons (Fsp3) is 0.915. The Bertz CT molecular complexity index is 1430. The Morgan fingerprint density at radius 2 is 0.805 bits per heavy atom. The Kier molecular flexibility index (Phi) is 56.7. The van der Waals surface area contributed by atoms with Gasteiger partial charge in [-0.1, -0.05) is 321 Å². The van der Waals surface area contributed by atoms with Crippen molar-refractivity contribution in [1.29, 1.82) is 0 Å². The van der Waals surface area contributed by atoms with Crippen molar-refractivity contribution in [3.05, 3.63) is 24.3 Å². The van der Waals surface area contributed by atoms with Gasteiger partial charge in [0.25, 0.3) is 0 Å². The smallest absolute Gasteiger partial charge is 0.306 e. The third-order valence-electron chi connectivity index (χ3n) is 17.1. The summed E-state index contributed by atoms with van der Waals surface area (Å²) in [5.41, 5.74) is 0. The normalized spacial score (nSPS) is 18.7. The van der Waals surface area contributed by atoms with E-state index in [4.69, 9.17) is 14.2 Å². The molecule has 0 radical (unpaired) electrons. The Morgan fingerprint density at radius 3 is 1.18 bits per heavy atom. The van der Waals surface area contributed by atoms with E-state index >= 15 is 0 Å². The Labute approximate surface area is 505 Å². The van der Waals surface area contributed by atoms with E-state index in [-0.39, 0.29) is 13.0 Å². The van der Waals surface area contributed by atoms with Crippen molar-refractivity contribution in [2.24, 2.45) is 0 Å². The number of aliphatic hydroxyl groups is 5. The summed E-state index contributed by atoms with van der Waals surface area (Å²) in [7, 11) is 0. The first-order valence-electron chi connectivity index (χ1n) is 35.6. The summed E-state index contributed by atoms with van der Waals surface area (Å²) in [4.78, 5) is 26.7. The van der Waals surface area contributed by atoms with Crippen molar-refractivity contribution in [3.63, 3.8) is 0 Å². The molecule has 0 saturated carbocycles. The van der Waals surface area contributed by atoms with E-state index in [0.717, 1.165) is 64.2 Å². The summed E-state index contributed by atoms with van der Waals surface area (Å²) in [6.45, 7) is 5.84. The highest BCUT2D eigenvalue weighted by Gasteiger charge is 2.47. The number of aliphatic hydroxyl groups excluding tert-OH is 5. The Hall–Kier alpha value is -1.86. The number of unbranched alkanes of at least 4 members (excludes halogenated alkanes) is 46. The van der Waals surface area contributed by atoms with E-state index in [1.807, 2.05) is 6.08 Å². The molecule has 1 aliphatic heterocycles. The SMILES string of the molecule is CCCCCCCC/C=C/CCCCCCCCCCC(O)C(=O)NC(COC1OC(CO)C(O)C(O)C1OC(=O)CCCCCCCCCCCCCCCCCCCCCCCCC)C(O)/C=C/CCCCCCCCCCCC. The number of hydrogen-bond donors (Lipinski definition) is 6. The molecule has 8 atom stereocenters. The molecule has 1 amide bonds. The lowest BCUT2D eigenvalue weighted by molar-refractivity contribution is -0.305. The number of ether oxygens (including phenoxy) is 3. The van der Waals surface area contributed by atoms with Crippen LogP contribution in [0.2, 0.25) is 0 Å². The first-order chi connectivity index (χ1) is 40.2. The van der Waals surface area contributed by atoms with Crippen LogP contribution >= 0.6 is 0 Å². The molecule has 11 heteroatoms. The lowest BCUT2D eigenvalue weighted by atomic mass is 9.99.